The molecule has 0 aliphatic carbocycles. The van der Waals surface area contributed by atoms with Crippen LogP contribution in [0.2, 0.25) is 0 Å². The molecule has 1 aromatic rings. The molecule has 0 saturated carbocycles. The van der Waals surface area contributed by atoms with E-state index >= 15 is 0 Å². The number of hydrogen-bond acceptors (Lipinski definition) is 5. The maximum Gasteiger partial charge on any atom is 0.296 e. The predicted molar refractivity (Wildman–Crippen MR) is 61.4 cm³/mol. The lowest BCUT2D eigenvalue weighted by Crippen LogP contribution is -2.17. The molecule has 2 unspecified atom stereocenters. The van der Waals surface area contributed by atoms with Crippen LogP contribution < -0.4 is 0 Å². The summed E-state index contributed by atoms with van der Waals surface area (Å²) in [4.78, 5) is 0. The van der Waals surface area contributed by atoms with E-state index < -0.39 is 9.05 Å². The first kappa shape index (κ1) is 12.8. The van der Waals surface area contributed by atoms with Gasteiger partial charge in [-0.25, -0.2) is 8.42 Å². The average Bonchev–Trinajstić information content (AvgIpc) is 2.81. The van der Waals surface area contributed by atoms with Crippen LogP contribution in [0.15, 0.2) is 5.16 Å². The highest BCUT2D eigenvalue weighted by Gasteiger charge is 2.33. The SMILES string of the molecule is CCC1OCCC1c1nnc(S(=O)(=O)Cl)n1C. The summed E-state index contributed by atoms with van der Waals surface area (Å²) >= 11 is 0. The maximum atomic E-state index is 11.2. The minimum atomic E-state index is -3.85. The Morgan fingerprint density at radius 3 is 2.76 bits per heavy atom. The second-order valence-corrected chi connectivity index (χ2v) is 6.51. The highest BCUT2D eigenvalue weighted by Crippen LogP contribution is 2.32. The number of rotatable bonds is 3. The zero-order chi connectivity index (χ0) is 12.6. The molecular formula is C9H14ClN3O3S. The first-order chi connectivity index (χ1) is 7.95. The quantitative estimate of drug-likeness (QED) is 0.773. The first-order valence-electron chi connectivity index (χ1n) is 5.40. The molecule has 0 spiro atoms. The monoisotopic (exact) mass is 279 g/mol. The van der Waals surface area contributed by atoms with Crippen LogP contribution in [0.4, 0.5) is 0 Å². The van der Waals surface area contributed by atoms with E-state index in [-0.39, 0.29) is 17.2 Å². The summed E-state index contributed by atoms with van der Waals surface area (Å²) in [5.74, 6) is 0.707. The van der Waals surface area contributed by atoms with Gasteiger partial charge in [0.25, 0.3) is 14.2 Å². The minimum Gasteiger partial charge on any atom is -0.377 e. The Hall–Kier alpha value is -0.660. The summed E-state index contributed by atoms with van der Waals surface area (Å²) in [5, 5.41) is 7.36. The fourth-order valence-corrected chi connectivity index (χ4v) is 3.17. The van der Waals surface area contributed by atoms with Gasteiger partial charge in [-0.3, -0.25) is 0 Å². The molecule has 17 heavy (non-hydrogen) atoms. The second-order valence-electron chi connectivity index (χ2n) is 4.05. The van der Waals surface area contributed by atoms with Gasteiger partial charge in [-0.05, 0) is 12.8 Å². The lowest BCUT2D eigenvalue weighted by Gasteiger charge is -2.15. The summed E-state index contributed by atoms with van der Waals surface area (Å²) in [6.45, 7) is 2.69. The van der Waals surface area contributed by atoms with Gasteiger partial charge in [0.05, 0.1) is 6.10 Å². The van der Waals surface area contributed by atoms with Crippen LogP contribution in [0.1, 0.15) is 31.5 Å². The van der Waals surface area contributed by atoms with Crippen LogP contribution >= 0.6 is 10.7 Å². The van der Waals surface area contributed by atoms with E-state index in [9.17, 15) is 8.42 Å². The highest BCUT2D eigenvalue weighted by molar-refractivity contribution is 8.13. The second kappa shape index (κ2) is 4.55. The summed E-state index contributed by atoms with van der Waals surface area (Å²) in [7, 11) is 3.03. The van der Waals surface area contributed by atoms with Crippen molar-refractivity contribution in [1.29, 1.82) is 0 Å². The Kier molecular flexibility index (Phi) is 3.42. The third-order valence-electron chi connectivity index (χ3n) is 3.03. The number of nitrogens with zero attached hydrogens (tertiary/aromatic N) is 3. The van der Waals surface area contributed by atoms with Crippen molar-refractivity contribution >= 4 is 19.7 Å². The lowest BCUT2D eigenvalue weighted by molar-refractivity contribution is 0.0989. The topological polar surface area (TPSA) is 74.1 Å². The number of ether oxygens (including phenoxy) is 1. The summed E-state index contributed by atoms with van der Waals surface area (Å²) in [6.07, 6.45) is 1.76. The van der Waals surface area contributed by atoms with Crippen molar-refractivity contribution in [3.63, 3.8) is 0 Å². The molecular weight excluding hydrogens is 266 g/mol. The smallest absolute Gasteiger partial charge is 0.296 e. The number of hydrogen-bond donors (Lipinski definition) is 0. The van der Waals surface area contributed by atoms with E-state index in [0.717, 1.165) is 12.8 Å². The fraction of sp³-hybridized carbons (Fsp3) is 0.778. The van der Waals surface area contributed by atoms with Crippen LogP contribution in [0.5, 0.6) is 0 Å². The molecule has 0 aromatic carbocycles. The van der Waals surface area contributed by atoms with E-state index in [1.54, 1.807) is 7.05 Å². The van der Waals surface area contributed by atoms with Gasteiger partial charge >= 0.3 is 0 Å². The molecule has 96 valence electrons. The third-order valence-corrected chi connectivity index (χ3v) is 4.24. The highest BCUT2D eigenvalue weighted by atomic mass is 35.7. The summed E-state index contributed by atoms with van der Waals surface area (Å²) < 4.78 is 29.5. The molecule has 1 aromatic heterocycles. The zero-order valence-corrected chi connectivity index (χ0v) is 11.2. The molecule has 0 radical (unpaired) electrons. The van der Waals surface area contributed by atoms with Crippen molar-refractivity contribution in [2.24, 2.45) is 7.05 Å². The van der Waals surface area contributed by atoms with E-state index in [0.29, 0.717) is 12.4 Å². The van der Waals surface area contributed by atoms with Gasteiger partial charge in [0, 0.05) is 30.3 Å². The Balaban J connectivity index is 2.38. The van der Waals surface area contributed by atoms with Crippen molar-refractivity contribution < 1.29 is 13.2 Å². The van der Waals surface area contributed by atoms with Gasteiger partial charge in [-0.15, -0.1) is 10.2 Å². The van der Waals surface area contributed by atoms with E-state index in [1.807, 2.05) is 6.92 Å². The normalized spacial score (nSPS) is 25.4. The van der Waals surface area contributed by atoms with Crippen LogP contribution in [-0.2, 0) is 20.8 Å². The van der Waals surface area contributed by atoms with Gasteiger partial charge in [0.15, 0.2) is 0 Å². The van der Waals surface area contributed by atoms with Crippen molar-refractivity contribution in [3.05, 3.63) is 5.82 Å². The van der Waals surface area contributed by atoms with Crippen molar-refractivity contribution in [2.45, 2.75) is 36.9 Å². The Labute approximate surface area is 104 Å². The standard InChI is InChI=1S/C9H14ClN3O3S/c1-3-7-6(4-5-16-7)8-11-12-9(13(8)2)17(10,14)15/h6-7H,3-5H2,1-2H3. The Morgan fingerprint density at radius 1 is 1.53 bits per heavy atom. The molecule has 1 fully saturated rings. The molecule has 2 heterocycles. The van der Waals surface area contributed by atoms with Gasteiger partial charge < -0.3 is 9.30 Å². The van der Waals surface area contributed by atoms with Gasteiger partial charge in [0.2, 0.25) is 0 Å². The van der Waals surface area contributed by atoms with Crippen molar-refractivity contribution in [3.8, 4) is 0 Å². The molecule has 1 saturated heterocycles. The van der Waals surface area contributed by atoms with Crippen molar-refractivity contribution in [2.75, 3.05) is 6.61 Å². The number of aromatic nitrogens is 3. The minimum absolute atomic E-state index is 0.0729. The first-order valence-corrected chi connectivity index (χ1v) is 7.71. The molecule has 8 heteroatoms. The van der Waals surface area contributed by atoms with Crippen LogP contribution in [0.3, 0.4) is 0 Å². The summed E-state index contributed by atoms with van der Waals surface area (Å²) in [6, 6.07) is 0. The molecule has 0 bridgehead atoms. The maximum absolute atomic E-state index is 11.2. The average molecular weight is 280 g/mol. The molecule has 6 nitrogen and oxygen atoms in total. The van der Waals surface area contributed by atoms with Crippen LogP contribution in [0.25, 0.3) is 0 Å². The summed E-state index contributed by atoms with van der Waals surface area (Å²) in [5.41, 5.74) is 0. The Morgan fingerprint density at radius 2 is 2.24 bits per heavy atom. The van der Waals surface area contributed by atoms with E-state index in [4.69, 9.17) is 15.4 Å². The molecule has 0 N–H and O–H groups in total. The molecule has 2 rings (SSSR count). The van der Waals surface area contributed by atoms with Crippen molar-refractivity contribution in [1.82, 2.24) is 14.8 Å². The number of halogens is 1. The van der Waals surface area contributed by atoms with Gasteiger partial charge in [-0.2, -0.15) is 0 Å². The van der Waals surface area contributed by atoms with Crippen LogP contribution in [0, 0.1) is 0 Å². The lowest BCUT2D eigenvalue weighted by atomic mass is 9.99. The zero-order valence-electron chi connectivity index (χ0n) is 9.63. The molecule has 2 atom stereocenters. The van der Waals surface area contributed by atoms with Gasteiger partial charge in [0.1, 0.15) is 5.82 Å². The Bertz CT molecular complexity index is 514. The predicted octanol–water partition coefficient (Wildman–Crippen LogP) is 1.03. The molecule has 0 amide bonds. The van der Waals surface area contributed by atoms with Gasteiger partial charge in [-0.1, -0.05) is 6.92 Å². The molecule has 1 aliphatic heterocycles. The largest absolute Gasteiger partial charge is 0.377 e. The van der Waals surface area contributed by atoms with E-state index in [2.05, 4.69) is 10.2 Å². The van der Waals surface area contributed by atoms with Crippen LogP contribution in [-0.4, -0.2) is 35.9 Å². The third kappa shape index (κ3) is 2.31. The molecule has 1 aliphatic rings. The van der Waals surface area contributed by atoms with E-state index in [1.165, 1.54) is 4.57 Å². The fourth-order valence-electron chi connectivity index (χ4n) is 2.21.